The summed E-state index contributed by atoms with van der Waals surface area (Å²) in [5.41, 5.74) is 5.87. The summed E-state index contributed by atoms with van der Waals surface area (Å²) in [4.78, 5) is 60.8. The van der Waals surface area contributed by atoms with E-state index in [9.17, 15) is 29.1 Å². The van der Waals surface area contributed by atoms with Gasteiger partial charge in [-0.15, -0.1) is 0 Å². The maximum atomic E-state index is 13.0. The van der Waals surface area contributed by atoms with E-state index < -0.39 is 53.8 Å². The highest BCUT2D eigenvalue weighted by atomic mass is 16.4. The number of hydrogen-bond acceptors (Lipinski definition) is 6. The summed E-state index contributed by atoms with van der Waals surface area (Å²) >= 11 is 0. The van der Waals surface area contributed by atoms with Gasteiger partial charge in [0.15, 0.2) is 0 Å². The minimum absolute atomic E-state index is 0.138. The van der Waals surface area contributed by atoms with Crippen molar-refractivity contribution in [2.24, 2.45) is 23.5 Å². The summed E-state index contributed by atoms with van der Waals surface area (Å²) in [5, 5.41) is 25.9. The lowest BCUT2D eigenvalue weighted by Gasteiger charge is -2.28. The van der Waals surface area contributed by atoms with Crippen molar-refractivity contribution in [3.8, 4) is 0 Å². The Morgan fingerprint density at radius 2 is 1.36 bits per heavy atom. The minimum Gasteiger partial charge on any atom is -0.481 e. The van der Waals surface area contributed by atoms with Crippen LogP contribution in [0.4, 0.5) is 0 Å². The SMILES string of the molecule is CCC(C)C(NC(=O)C(CCC(=O)O)NC(=O)C(N)CC(C)C)C(=O)NC(C(=O)O)C(C)C. The second-order valence-electron chi connectivity index (χ2n) is 9.17. The molecule has 190 valence electrons. The number of nitrogens with one attached hydrogen (secondary N) is 3. The third-order valence-electron chi connectivity index (χ3n) is 5.37. The molecule has 0 aromatic carbocycles. The van der Waals surface area contributed by atoms with Crippen LogP contribution in [0.2, 0.25) is 0 Å². The molecule has 0 rings (SSSR count). The van der Waals surface area contributed by atoms with Crippen LogP contribution in [0.5, 0.6) is 0 Å². The molecule has 7 N–H and O–H groups in total. The van der Waals surface area contributed by atoms with E-state index in [2.05, 4.69) is 16.0 Å². The third kappa shape index (κ3) is 11.1. The Balaban J connectivity index is 5.61. The summed E-state index contributed by atoms with van der Waals surface area (Å²) in [7, 11) is 0. The highest BCUT2D eigenvalue weighted by molar-refractivity contribution is 5.94. The number of nitrogens with two attached hydrogens (primary N) is 1. The fourth-order valence-electron chi connectivity index (χ4n) is 3.14. The molecule has 11 heteroatoms. The van der Waals surface area contributed by atoms with E-state index >= 15 is 0 Å². The number of aliphatic carboxylic acids is 2. The minimum atomic E-state index is -1.22. The lowest BCUT2D eigenvalue weighted by Crippen LogP contribution is -2.59. The molecule has 0 spiro atoms. The van der Waals surface area contributed by atoms with Gasteiger partial charge in [0, 0.05) is 6.42 Å². The monoisotopic (exact) mass is 472 g/mol. The van der Waals surface area contributed by atoms with Crippen molar-refractivity contribution < 1.29 is 34.2 Å². The molecule has 0 aliphatic carbocycles. The summed E-state index contributed by atoms with van der Waals surface area (Å²) in [5.74, 6) is -4.94. The average molecular weight is 473 g/mol. The van der Waals surface area contributed by atoms with E-state index in [1.165, 1.54) is 0 Å². The van der Waals surface area contributed by atoms with Gasteiger partial charge in [-0.2, -0.15) is 0 Å². The van der Waals surface area contributed by atoms with Crippen molar-refractivity contribution in [2.45, 2.75) is 91.4 Å². The van der Waals surface area contributed by atoms with E-state index in [0.717, 1.165) is 0 Å². The first kappa shape index (κ1) is 30.3. The molecular formula is C22H40N4O7. The number of hydrogen-bond donors (Lipinski definition) is 6. The van der Waals surface area contributed by atoms with Crippen molar-refractivity contribution in [3.05, 3.63) is 0 Å². The lowest BCUT2D eigenvalue weighted by atomic mass is 9.96. The summed E-state index contributed by atoms with van der Waals surface area (Å²) in [6.45, 7) is 10.6. The fraction of sp³-hybridized carbons (Fsp3) is 0.773. The Morgan fingerprint density at radius 1 is 0.818 bits per heavy atom. The van der Waals surface area contributed by atoms with Crippen molar-refractivity contribution in [1.82, 2.24) is 16.0 Å². The number of carboxylic acid groups (broad SMARTS) is 2. The highest BCUT2D eigenvalue weighted by Gasteiger charge is 2.33. The van der Waals surface area contributed by atoms with Gasteiger partial charge in [0.2, 0.25) is 17.7 Å². The molecule has 5 atom stereocenters. The first-order valence-corrected chi connectivity index (χ1v) is 11.3. The summed E-state index contributed by atoms with van der Waals surface area (Å²) in [6.07, 6.45) is 0.304. The van der Waals surface area contributed by atoms with Gasteiger partial charge in [-0.3, -0.25) is 19.2 Å². The van der Waals surface area contributed by atoms with Crippen LogP contribution in [-0.2, 0) is 24.0 Å². The Labute approximate surface area is 195 Å². The van der Waals surface area contributed by atoms with Crippen molar-refractivity contribution in [3.63, 3.8) is 0 Å². The first-order chi connectivity index (χ1) is 15.2. The zero-order valence-electron chi connectivity index (χ0n) is 20.4. The van der Waals surface area contributed by atoms with Crippen LogP contribution in [0, 0.1) is 17.8 Å². The number of carboxylic acids is 2. The Kier molecular flexibility index (Phi) is 13.3. The molecule has 0 aromatic heterocycles. The smallest absolute Gasteiger partial charge is 0.326 e. The van der Waals surface area contributed by atoms with E-state index in [-0.39, 0.29) is 30.6 Å². The Bertz CT molecular complexity index is 696. The van der Waals surface area contributed by atoms with Gasteiger partial charge in [0.25, 0.3) is 0 Å². The number of rotatable bonds is 15. The van der Waals surface area contributed by atoms with Gasteiger partial charge < -0.3 is 31.9 Å². The maximum absolute atomic E-state index is 13.0. The van der Waals surface area contributed by atoms with Crippen molar-refractivity contribution in [2.75, 3.05) is 0 Å². The predicted octanol–water partition coefficient (Wildman–Crippen LogP) is 0.466. The van der Waals surface area contributed by atoms with E-state index in [4.69, 9.17) is 10.8 Å². The normalized spacial score (nSPS) is 15.8. The molecule has 0 heterocycles. The number of carbonyl (C=O) groups is 5. The molecule has 11 nitrogen and oxygen atoms in total. The van der Waals surface area contributed by atoms with Crippen LogP contribution in [0.3, 0.4) is 0 Å². The summed E-state index contributed by atoms with van der Waals surface area (Å²) in [6, 6.07) is -4.30. The van der Waals surface area contributed by atoms with E-state index in [0.29, 0.717) is 12.8 Å². The van der Waals surface area contributed by atoms with Crippen LogP contribution in [0.25, 0.3) is 0 Å². The molecule has 0 aliphatic heterocycles. The van der Waals surface area contributed by atoms with Gasteiger partial charge in [-0.05, 0) is 30.6 Å². The fourth-order valence-corrected chi connectivity index (χ4v) is 3.14. The molecular weight excluding hydrogens is 432 g/mol. The van der Waals surface area contributed by atoms with Crippen molar-refractivity contribution in [1.29, 1.82) is 0 Å². The second kappa shape index (κ2) is 14.5. The molecule has 0 saturated heterocycles. The van der Waals surface area contributed by atoms with E-state index in [1.54, 1.807) is 20.8 Å². The second-order valence-corrected chi connectivity index (χ2v) is 9.17. The first-order valence-electron chi connectivity index (χ1n) is 11.3. The Hall–Kier alpha value is -2.69. The maximum Gasteiger partial charge on any atom is 0.326 e. The average Bonchev–Trinajstić information content (AvgIpc) is 2.70. The van der Waals surface area contributed by atoms with Gasteiger partial charge >= 0.3 is 11.9 Å². The van der Waals surface area contributed by atoms with Crippen LogP contribution in [-0.4, -0.2) is 64.0 Å². The molecule has 3 amide bonds. The summed E-state index contributed by atoms with van der Waals surface area (Å²) < 4.78 is 0. The van der Waals surface area contributed by atoms with Crippen molar-refractivity contribution >= 4 is 29.7 Å². The molecule has 33 heavy (non-hydrogen) atoms. The molecule has 5 unspecified atom stereocenters. The van der Waals surface area contributed by atoms with Gasteiger partial charge in [0.05, 0.1) is 6.04 Å². The standard InChI is InChI=1S/C22H40N4O7/c1-7-13(6)18(21(31)25-17(12(4)5)22(32)33)26-20(30)15(8-9-16(27)28)24-19(29)14(23)10-11(2)3/h11-15,17-18H,7-10,23H2,1-6H3,(H,24,29)(H,25,31)(H,26,30)(H,27,28)(H,32,33). The highest BCUT2D eigenvalue weighted by Crippen LogP contribution is 2.12. The van der Waals surface area contributed by atoms with Crippen LogP contribution >= 0.6 is 0 Å². The molecule has 0 fully saturated rings. The molecule has 0 radical (unpaired) electrons. The van der Waals surface area contributed by atoms with Crippen LogP contribution in [0.15, 0.2) is 0 Å². The predicted molar refractivity (Wildman–Crippen MR) is 122 cm³/mol. The van der Waals surface area contributed by atoms with Gasteiger partial charge in [-0.1, -0.05) is 48.0 Å². The molecule has 0 saturated carbocycles. The zero-order valence-corrected chi connectivity index (χ0v) is 20.4. The van der Waals surface area contributed by atoms with Crippen LogP contribution in [0.1, 0.15) is 67.2 Å². The molecule has 0 bridgehead atoms. The van der Waals surface area contributed by atoms with Crippen LogP contribution < -0.4 is 21.7 Å². The number of carbonyl (C=O) groups excluding carboxylic acids is 3. The third-order valence-corrected chi connectivity index (χ3v) is 5.37. The largest absolute Gasteiger partial charge is 0.481 e. The molecule has 0 aromatic rings. The number of amides is 3. The zero-order chi connectivity index (χ0) is 25.9. The quantitative estimate of drug-likeness (QED) is 0.198. The topological polar surface area (TPSA) is 188 Å². The van der Waals surface area contributed by atoms with Gasteiger partial charge in [-0.25, -0.2) is 4.79 Å². The Morgan fingerprint density at radius 3 is 1.79 bits per heavy atom. The molecule has 0 aliphatic rings. The van der Waals surface area contributed by atoms with Gasteiger partial charge in [0.1, 0.15) is 18.1 Å². The van der Waals surface area contributed by atoms with E-state index in [1.807, 2.05) is 20.8 Å². The lowest BCUT2D eigenvalue weighted by molar-refractivity contribution is -0.144.